The van der Waals surface area contributed by atoms with Crippen molar-refractivity contribution in [2.24, 2.45) is 7.05 Å². The molecule has 1 N–H and O–H groups in total. The topological polar surface area (TPSA) is 58.4 Å². The number of aromatic nitrogens is 2. The smallest absolute Gasteiger partial charge is 0.256 e. The van der Waals surface area contributed by atoms with Crippen molar-refractivity contribution in [3.05, 3.63) is 52.6 Å². The van der Waals surface area contributed by atoms with Gasteiger partial charge >= 0.3 is 0 Å². The van der Waals surface area contributed by atoms with Crippen molar-refractivity contribution in [3.8, 4) is 0 Å². The van der Waals surface area contributed by atoms with Gasteiger partial charge in [-0.1, -0.05) is 12.1 Å². The molecule has 3 rings (SSSR count). The van der Waals surface area contributed by atoms with Crippen LogP contribution in [0.5, 0.6) is 0 Å². The number of aliphatic hydroxyl groups is 1. The maximum atomic E-state index is 13.0. The molecule has 0 saturated heterocycles. The lowest BCUT2D eigenvalue weighted by Gasteiger charge is -2.25. The van der Waals surface area contributed by atoms with Crippen LogP contribution < -0.4 is 0 Å². The summed E-state index contributed by atoms with van der Waals surface area (Å²) < 4.78 is 14.8. The van der Waals surface area contributed by atoms with Gasteiger partial charge in [0.05, 0.1) is 5.69 Å². The minimum atomic E-state index is -1.27. The lowest BCUT2D eigenvalue weighted by Crippen LogP contribution is -2.36. The lowest BCUT2D eigenvalue weighted by molar-refractivity contribution is -0.141. The van der Waals surface area contributed by atoms with E-state index in [2.05, 4.69) is 5.10 Å². The van der Waals surface area contributed by atoms with Crippen molar-refractivity contribution >= 4 is 5.91 Å². The van der Waals surface area contributed by atoms with Crippen LogP contribution in [0.2, 0.25) is 0 Å². The number of carbonyl (C=O) groups is 1. The summed E-state index contributed by atoms with van der Waals surface area (Å²) in [6, 6.07) is 5.56. The van der Waals surface area contributed by atoms with Crippen LogP contribution in [-0.2, 0) is 18.4 Å². The summed E-state index contributed by atoms with van der Waals surface area (Å²) in [5.41, 5.74) is 3.34. The molecule has 1 aromatic heterocycles. The Hall–Kier alpha value is -2.21. The molecular formula is C18H22FN3O2. The molecule has 1 aliphatic rings. The molecule has 128 valence electrons. The molecule has 1 fully saturated rings. The highest BCUT2D eigenvalue weighted by atomic mass is 19.1. The van der Waals surface area contributed by atoms with Crippen LogP contribution in [0.1, 0.15) is 41.5 Å². The van der Waals surface area contributed by atoms with E-state index in [1.807, 2.05) is 20.9 Å². The van der Waals surface area contributed by atoms with Crippen molar-refractivity contribution in [2.45, 2.75) is 45.4 Å². The fourth-order valence-corrected chi connectivity index (χ4v) is 2.93. The summed E-state index contributed by atoms with van der Waals surface area (Å²) in [6.07, 6.45) is 0.615. The molecule has 5 nitrogen and oxygen atoms in total. The van der Waals surface area contributed by atoms with Crippen molar-refractivity contribution < 1.29 is 14.3 Å². The van der Waals surface area contributed by atoms with E-state index in [-0.39, 0.29) is 17.8 Å². The average Bonchev–Trinajstić information content (AvgIpc) is 3.35. The zero-order chi connectivity index (χ0) is 17.4. The van der Waals surface area contributed by atoms with Crippen molar-refractivity contribution in [3.63, 3.8) is 0 Å². The molecule has 1 amide bonds. The number of rotatable bonds is 5. The van der Waals surface area contributed by atoms with Crippen molar-refractivity contribution in [1.29, 1.82) is 0 Å². The molecule has 1 atom stereocenters. The first kappa shape index (κ1) is 16.6. The van der Waals surface area contributed by atoms with E-state index in [1.54, 1.807) is 9.58 Å². The average molecular weight is 331 g/mol. The Kier molecular flexibility index (Phi) is 4.41. The van der Waals surface area contributed by atoms with Gasteiger partial charge < -0.3 is 10.0 Å². The third kappa shape index (κ3) is 3.19. The fourth-order valence-electron chi connectivity index (χ4n) is 2.93. The summed E-state index contributed by atoms with van der Waals surface area (Å²) in [5.74, 6) is -0.731. The van der Waals surface area contributed by atoms with Crippen LogP contribution in [0.15, 0.2) is 24.3 Å². The van der Waals surface area contributed by atoms with E-state index in [0.717, 1.165) is 29.8 Å². The zero-order valence-corrected chi connectivity index (χ0v) is 14.2. The third-order valence-electron chi connectivity index (χ3n) is 4.68. The third-order valence-corrected chi connectivity index (χ3v) is 4.68. The second-order valence-corrected chi connectivity index (χ2v) is 6.42. The number of benzene rings is 1. The number of carbonyl (C=O) groups excluding carboxylic acids is 1. The van der Waals surface area contributed by atoms with E-state index in [4.69, 9.17) is 0 Å². The summed E-state index contributed by atoms with van der Waals surface area (Å²) in [7, 11) is 1.88. The monoisotopic (exact) mass is 331 g/mol. The Morgan fingerprint density at radius 3 is 2.50 bits per heavy atom. The minimum Gasteiger partial charge on any atom is -0.378 e. The highest BCUT2D eigenvalue weighted by Crippen LogP contribution is 2.32. The first-order chi connectivity index (χ1) is 11.4. The van der Waals surface area contributed by atoms with Gasteiger partial charge in [-0.2, -0.15) is 5.10 Å². The SMILES string of the molecule is Cc1nn(C)c(C)c1CN(C(=O)C(O)c1ccc(F)cc1)C1CC1. The minimum absolute atomic E-state index is 0.159. The number of hydrogen-bond donors (Lipinski definition) is 1. The van der Waals surface area contributed by atoms with Gasteiger partial charge in [-0.25, -0.2) is 4.39 Å². The summed E-state index contributed by atoms with van der Waals surface area (Å²) >= 11 is 0. The maximum Gasteiger partial charge on any atom is 0.256 e. The second-order valence-electron chi connectivity index (χ2n) is 6.42. The van der Waals surface area contributed by atoms with Gasteiger partial charge in [0.1, 0.15) is 5.82 Å². The quantitative estimate of drug-likeness (QED) is 0.915. The molecule has 0 aliphatic heterocycles. The molecule has 1 saturated carbocycles. The predicted molar refractivity (Wildman–Crippen MR) is 87.6 cm³/mol. The number of aryl methyl sites for hydroxylation is 2. The zero-order valence-electron chi connectivity index (χ0n) is 14.2. The van der Waals surface area contributed by atoms with Crippen molar-refractivity contribution in [1.82, 2.24) is 14.7 Å². The maximum absolute atomic E-state index is 13.0. The van der Waals surface area contributed by atoms with E-state index >= 15 is 0 Å². The molecule has 1 aromatic carbocycles. The molecule has 24 heavy (non-hydrogen) atoms. The van der Waals surface area contributed by atoms with Gasteiger partial charge in [0, 0.05) is 30.9 Å². The lowest BCUT2D eigenvalue weighted by atomic mass is 10.1. The number of nitrogens with zero attached hydrogens (tertiary/aromatic N) is 3. The van der Waals surface area contributed by atoms with Gasteiger partial charge in [0.25, 0.3) is 5.91 Å². The first-order valence-corrected chi connectivity index (χ1v) is 8.11. The van der Waals surface area contributed by atoms with E-state index in [0.29, 0.717) is 12.1 Å². The first-order valence-electron chi connectivity index (χ1n) is 8.11. The van der Waals surface area contributed by atoms with E-state index in [1.165, 1.54) is 24.3 Å². The van der Waals surface area contributed by atoms with Crippen LogP contribution in [-0.4, -0.2) is 31.7 Å². The summed E-state index contributed by atoms with van der Waals surface area (Å²) in [6.45, 7) is 4.34. The molecule has 6 heteroatoms. The molecule has 1 aliphatic carbocycles. The van der Waals surface area contributed by atoms with Gasteiger partial charge in [-0.15, -0.1) is 0 Å². The normalized spacial score (nSPS) is 15.4. The highest BCUT2D eigenvalue weighted by Gasteiger charge is 2.36. The largest absolute Gasteiger partial charge is 0.378 e. The molecule has 1 heterocycles. The van der Waals surface area contributed by atoms with Crippen LogP contribution in [0.3, 0.4) is 0 Å². The van der Waals surface area contributed by atoms with Gasteiger partial charge in [0.2, 0.25) is 0 Å². The highest BCUT2D eigenvalue weighted by molar-refractivity contribution is 5.82. The van der Waals surface area contributed by atoms with Crippen molar-refractivity contribution in [2.75, 3.05) is 0 Å². The molecule has 2 aromatic rings. The summed E-state index contributed by atoms with van der Waals surface area (Å²) in [4.78, 5) is 14.5. The number of aliphatic hydroxyl groups excluding tert-OH is 1. The van der Waals surface area contributed by atoms with E-state index < -0.39 is 6.10 Å². The molecule has 0 spiro atoms. The van der Waals surface area contributed by atoms with Crippen LogP contribution in [0.25, 0.3) is 0 Å². The number of hydrogen-bond acceptors (Lipinski definition) is 3. The Bertz CT molecular complexity index is 750. The standard InChI is InChI=1S/C18H22FN3O2/c1-11-16(12(2)21(3)20-11)10-22(15-8-9-15)18(24)17(23)13-4-6-14(19)7-5-13/h4-7,15,17,23H,8-10H2,1-3H3. The molecule has 0 bridgehead atoms. The summed E-state index contributed by atoms with van der Waals surface area (Å²) in [5, 5.41) is 14.8. The Morgan fingerprint density at radius 1 is 1.38 bits per heavy atom. The van der Waals surface area contributed by atoms with Crippen LogP contribution in [0, 0.1) is 19.7 Å². The fraction of sp³-hybridized carbons (Fsp3) is 0.444. The van der Waals surface area contributed by atoms with Gasteiger partial charge in [0.15, 0.2) is 6.10 Å². The Labute approximate surface area is 140 Å². The number of halogens is 1. The Morgan fingerprint density at radius 2 is 2.00 bits per heavy atom. The Balaban J connectivity index is 1.82. The molecule has 0 radical (unpaired) electrons. The van der Waals surface area contributed by atoms with Gasteiger partial charge in [-0.3, -0.25) is 9.48 Å². The second kappa shape index (κ2) is 6.36. The number of amides is 1. The predicted octanol–water partition coefficient (Wildman–Crippen LogP) is 2.40. The van der Waals surface area contributed by atoms with Gasteiger partial charge in [-0.05, 0) is 44.4 Å². The molecule has 1 unspecified atom stereocenters. The van der Waals surface area contributed by atoms with Crippen LogP contribution >= 0.6 is 0 Å². The van der Waals surface area contributed by atoms with Crippen LogP contribution in [0.4, 0.5) is 4.39 Å². The van der Waals surface area contributed by atoms with E-state index in [9.17, 15) is 14.3 Å². The molecular weight excluding hydrogens is 309 g/mol.